The van der Waals surface area contributed by atoms with Crippen molar-refractivity contribution in [1.29, 1.82) is 0 Å². The standard InChI is InChI=1S/C23H28N4O4S/c1-6-18-8-7-9-19(14-18)24-22(28)15-27(20-10-12-21(31-5)13-11-20)32(29,30)23-16(2)25-26(4)17(23)3/h7-14H,6,15H2,1-5H3,(H,24,28). The predicted molar refractivity (Wildman–Crippen MR) is 125 cm³/mol. The first-order valence-electron chi connectivity index (χ1n) is 10.2. The number of anilines is 2. The van der Waals surface area contributed by atoms with E-state index in [-0.39, 0.29) is 4.90 Å². The summed E-state index contributed by atoms with van der Waals surface area (Å²) in [6, 6.07) is 14.0. The lowest BCUT2D eigenvalue weighted by molar-refractivity contribution is -0.114. The first-order valence-corrected chi connectivity index (χ1v) is 11.7. The van der Waals surface area contributed by atoms with Crippen LogP contribution in [0.4, 0.5) is 11.4 Å². The van der Waals surface area contributed by atoms with Crippen molar-refractivity contribution in [3.05, 3.63) is 65.5 Å². The van der Waals surface area contributed by atoms with E-state index >= 15 is 0 Å². The first-order chi connectivity index (χ1) is 15.2. The number of nitrogens with one attached hydrogen (secondary N) is 1. The number of amides is 1. The van der Waals surface area contributed by atoms with Crippen molar-refractivity contribution in [2.75, 3.05) is 23.3 Å². The van der Waals surface area contributed by atoms with Crippen LogP contribution in [0.25, 0.3) is 0 Å². The van der Waals surface area contributed by atoms with Gasteiger partial charge in [-0.3, -0.25) is 13.8 Å². The fraction of sp³-hybridized carbons (Fsp3) is 0.304. The van der Waals surface area contributed by atoms with Gasteiger partial charge in [-0.1, -0.05) is 19.1 Å². The van der Waals surface area contributed by atoms with Crippen molar-refractivity contribution in [3.63, 3.8) is 0 Å². The number of benzene rings is 2. The number of nitrogens with zero attached hydrogens (tertiary/aromatic N) is 3. The van der Waals surface area contributed by atoms with Gasteiger partial charge in [-0.15, -0.1) is 0 Å². The third kappa shape index (κ3) is 4.77. The molecule has 1 amide bonds. The lowest BCUT2D eigenvalue weighted by atomic mass is 10.1. The second-order valence-electron chi connectivity index (χ2n) is 7.44. The molecule has 8 nitrogen and oxygen atoms in total. The van der Waals surface area contributed by atoms with E-state index in [0.29, 0.717) is 28.5 Å². The molecular formula is C23H28N4O4S. The average molecular weight is 457 g/mol. The molecule has 0 saturated heterocycles. The Morgan fingerprint density at radius 2 is 1.84 bits per heavy atom. The molecule has 9 heteroatoms. The molecule has 3 aromatic rings. The number of carbonyl (C=O) groups excluding carboxylic acids is 1. The summed E-state index contributed by atoms with van der Waals surface area (Å²) < 4.78 is 35.2. The van der Waals surface area contributed by atoms with Crippen LogP contribution in [-0.2, 0) is 28.3 Å². The second-order valence-corrected chi connectivity index (χ2v) is 9.23. The topological polar surface area (TPSA) is 93.5 Å². The van der Waals surface area contributed by atoms with Crippen molar-refractivity contribution in [3.8, 4) is 5.75 Å². The first kappa shape index (κ1) is 23.3. The van der Waals surface area contributed by atoms with Crippen molar-refractivity contribution >= 4 is 27.3 Å². The Labute approximate surface area is 188 Å². The number of aromatic nitrogens is 2. The molecule has 0 radical (unpaired) electrons. The van der Waals surface area contributed by atoms with Crippen molar-refractivity contribution < 1.29 is 17.9 Å². The minimum Gasteiger partial charge on any atom is -0.497 e. The summed E-state index contributed by atoms with van der Waals surface area (Å²) in [4.78, 5) is 13.0. The van der Waals surface area contributed by atoms with Gasteiger partial charge in [0.05, 0.1) is 24.2 Å². The van der Waals surface area contributed by atoms with Gasteiger partial charge in [0.15, 0.2) is 0 Å². The summed E-state index contributed by atoms with van der Waals surface area (Å²) in [7, 11) is -0.848. The molecule has 0 saturated carbocycles. The Balaban J connectivity index is 1.99. The van der Waals surface area contributed by atoms with Crippen LogP contribution in [0, 0.1) is 13.8 Å². The van der Waals surface area contributed by atoms with E-state index in [4.69, 9.17) is 4.74 Å². The SMILES string of the molecule is CCc1cccc(NC(=O)CN(c2ccc(OC)cc2)S(=O)(=O)c2c(C)nn(C)c2C)c1. The van der Waals surface area contributed by atoms with E-state index in [1.54, 1.807) is 51.2 Å². The molecule has 32 heavy (non-hydrogen) atoms. The number of aryl methyl sites for hydroxylation is 3. The predicted octanol–water partition coefficient (Wildman–Crippen LogP) is 3.44. The van der Waals surface area contributed by atoms with Crippen LogP contribution in [0.3, 0.4) is 0 Å². The monoisotopic (exact) mass is 456 g/mol. The van der Waals surface area contributed by atoms with Gasteiger partial charge in [0.2, 0.25) is 5.91 Å². The van der Waals surface area contributed by atoms with Gasteiger partial charge in [-0.2, -0.15) is 5.10 Å². The summed E-state index contributed by atoms with van der Waals surface area (Å²) in [5.41, 5.74) is 2.92. The number of carbonyl (C=O) groups is 1. The van der Waals surface area contributed by atoms with Crippen molar-refractivity contribution in [1.82, 2.24) is 9.78 Å². The summed E-state index contributed by atoms with van der Waals surface area (Å²) in [5.74, 6) is 0.137. The number of hydrogen-bond donors (Lipinski definition) is 1. The Morgan fingerprint density at radius 3 is 2.41 bits per heavy atom. The van der Waals surface area contributed by atoms with Gasteiger partial charge in [-0.25, -0.2) is 8.42 Å². The lowest BCUT2D eigenvalue weighted by Crippen LogP contribution is -2.38. The molecule has 0 fully saturated rings. The van der Waals surface area contributed by atoms with E-state index in [2.05, 4.69) is 10.4 Å². The molecule has 2 aromatic carbocycles. The zero-order valence-corrected chi connectivity index (χ0v) is 19.7. The maximum absolute atomic E-state index is 13.7. The highest BCUT2D eigenvalue weighted by atomic mass is 32.2. The zero-order chi connectivity index (χ0) is 23.5. The van der Waals surface area contributed by atoms with Crippen molar-refractivity contribution in [2.45, 2.75) is 32.1 Å². The molecule has 0 atom stereocenters. The lowest BCUT2D eigenvalue weighted by Gasteiger charge is -2.24. The molecule has 1 aromatic heterocycles. The highest BCUT2D eigenvalue weighted by molar-refractivity contribution is 7.93. The number of rotatable bonds is 8. The van der Waals surface area contributed by atoms with Crippen LogP contribution in [-0.4, -0.2) is 37.8 Å². The Bertz CT molecular complexity index is 1220. The van der Waals surface area contributed by atoms with Crippen molar-refractivity contribution in [2.24, 2.45) is 7.05 Å². The highest BCUT2D eigenvalue weighted by Gasteiger charge is 2.32. The molecule has 0 aliphatic carbocycles. The molecule has 1 heterocycles. The molecular weight excluding hydrogens is 428 g/mol. The van der Waals surface area contributed by atoms with Crippen LogP contribution in [0.15, 0.2) is 53.4 Å². The summed E-state index contributed by atoms with van der Waals surface area (Å²) >= 11 is 0. The van der Waals surface area contributed by atoms with Crippen LogP contribution in [0.5, 0.6) is 5.75 Å². The Kier molecular flexibility index (Phi) is 6.88. The minimum absolute atomic E-state index is 0.0941. The van der Waals surface area contributed by atoms with E-state index in [1.807, 2.05) is 25.1 Å². The number of ether oxygens (including phenoxy) is 1. The highest BCUT2D eigenvalue weighted by Crippen LogP contribution is 2.29. The summed E-state index contributed by atoms with van der Waals surface area (Å²) in [5, 5.41) is 7.04. The van der Waals surface area contributed by atoms with Gasteiger partial charge in [0.25, 0.3) is 10.0 Å². The molecule has 0 bridgehead atoms. The van der Waals surface area contributed by atoms with Gasteiger partial charge in [-0.05, 0) is 62.2 Å². The van der Waals surface area contributed by atoms with Gasteiger partial charge >= 0.3 is 0 Å². The third-order valence-electron chi connectivity index (χ3n) is 5.26. The van der Waals surface area contributed by atoms with E-state index < -0.39 is 22.5 Å². The van der Waals surface area contributed by atoms with E-state index in [9.17, 15) is 13.2 Å². The van der Waals surface area contributed by atoms with Crippen LogP contribution < -0.4 is 14.4 Å². The Hall–Kier alpha value is -3.33. The fourth-order valence-electron chi connectivity index (χ4n) is 3.50. The summed E-state index contributed by atoms with van der Waals surface area (Å²) in [6.07, 6.45) is 0.829. The zero-order valence-electron chi connectivity index (χ0n) is 18.9. The number of sulfonamides is 1. The molecule has 0 aliphatic rings. The van der Waals surface area contributed by atoms with Gasteiger partial charge in [0.1, 0.15) is 17.2 Å². The number of methoxy groups -OCH3 is 1. The second kappa shape index (κ2) is 9.44. The molecule has 0 unspecified atom stereocenters. The molecule has 170 valence electrons. The maximum Gasteiger partial charge on any atom is 0.268 e. The Morgan fingerprint density at radius 1 is 1.16 bits per heavy atom. The molecule has 0 spiro atoms. The smallest absolute Gasteiger partial charge is 0.268 e. The van der Waals surface area contributed by atoms with E-state index in [0.717, 1.165) is 16.3 Å². The maximum atomic E-state index is 13.7. The average Bonchev–Trinajstić information content (AvgIpc) is 3.03. The van der Waals surface area contributed by atoms with Crippen LogP contribution >= 0.6 is 0 Å². The van der Waals surface area contributed by atoms with Gasteiger partial charge < -0.3 is 10.1 Å². The minimum atomic E-state index is -4.07. The molecule has 3 rings (SSSR count). The number of hydrogen-bond acceptors (Lipinski definition) is 5. The van der Waals surface area contributed by atoms with Gasteiger partial charge in [0, 0.05) is 12.7 Å². The van der Waals surface area contributed by atoms with Crippen LogP contribution in [0.1, 0.15) is 23.9 Å². The largest absolute Gasteiger partial charge is 0.497 e. The van der Waals surface area contributed by atoms with Crippen LogP contribution in [0.2, 0.25) is 0 Å². The molecule has 0 aliphatic heterocycles. The fourth-order valence-corrected chi connectivity index (χ4v) is 5.33. The normalized spacial score (nSPS) is 11.3. The third-order valence-corrected chi connectivity index (χ3v) is 7.28. The summed E-state index contributed by atoms with van der Waals surface area (Å²) in [6.45, 7) is 4.97. The molecule has 1 N–H and O–H groups in total. The van der Waals surface area contributed by atoms with E-state index in [1.165, 1.54) is 11.8 Å². The quantitative estimate of drug-likeness (QED) is 0.560.